The van der Waals surface area contributed by atoms with Gasteiger partial charge in [-0.2, -0.15) is 0 Å². The SMILES string of the molecule is Cc1cc(NC(=O)CS(=O)(=O)c2ccc(Cl)cc2)ccc1Br. The van der Waals surface area contributed by atoms with Gasteiger partial charge in [0.05, 0.1) is 4.90 Å². The van der Waals surface area contributed by atoms with Gasteiger partial charge in [-0.15, -0.1) is 0 Å². The second-order valence-corrected chi connectivity index (χ2v) is 8.01. The Bertz CT molecular complexity index is 804. The molecule has 22 heavy (non-hydrogen) atoms. The van der Waals surface area contributed by atoms with E-state index >= 15 is 0 Å². The Kier molecular flexibility index (Phi) is 5.26. The number of aryl methyl sites for hydroxylation is 1. The van der Waals surface area contributed by atoms with Gasteiger partial charge in [-0.05, 0) is 55.0 Å². The van der Waals surface area contributed by atoms with Gasteiger partial charge in [-0.3, -0.25) is 4.79 Å². The molecule has 0 atom stereocenters. The van der Waals surface area contributed by atoms with Crippen molar-refractivity contribution in [2.45, 2.75) is 11.8 Å². The zero-order chi connectivity index (χ0) is 16.3. The molecule has 0 saturated carbocycles. The molecule has 0 aliphatic carbocycles. The fourth-order valence-corrected chi connectivity index (χ4v) is 3.32. The quantitative estimate of drug-likeness (QED) is 0.845. The molecule has 0 fully saturated rings. The van der Waals surface area contributed by atoms with E-state index in [1.165, 1.54) is 24.3 Å². The van der Waals surface area contributed by atoms with Crippen LogP contribution >= 0.6 is 27.5 Å². The normalized spacial score (nSPS) is 11.2. The molecule has 116 valence electrons. The van der Waals surface area contributed by atoms with Gasteiger partial charge in [0.25, 0.3) is 0 Å². The second-order valence-electron chi connectivity index (χ2n) is 4.73. The van der Waals surface area contributed by atoms with Crippen LogP contribution in [0.25, 0.3) is 0 Å². The Labute approximate surface area is 142 Å². The average Bonchev–Trinajstić information content (AvgIpc) is 2.42. The highest BCUT2D eigenvalue weighted by atomic mass is 79.9. The van der Waals surface area contributed by atoms with E-state index in [1.54, 1.807) is 18.2 Å². The van der Waals surface area contributed by atoms with Gasteiger partial charge in [0.1, 0.15) is 5.75 Å². The summed E-state index contributed by atoms with van der Waals surface area (Å²) in [6.07, 6.45) is 0. The number of hydrogen-bond acceptors (Lipinski definition) is 3. The number of rotatable bonds is 4. The van der Waals surface area contributed by atoms with Crippen LogP contribution < -0.4 is 5.32 Å². The largest absolute Gasteiger partial charge is 0.325 e. The maximum Gasteiger partial charge on any atom is 0.239 e. The van der Waals surface area contributed by atoms with Gasteiger partial charge in [0.15, 0.2) is 9.84 Å². The van der Waals surface area contributed by atoms with Gasteiger partial charge < -0.3 is 5.32 Å². The van der Waals surface area contributed by atoms with Gasteiger partial charge >= 0.3 is 0 Å². The van der Waals surface area contributed by atoms with Crippen LogP contribution in [0.5, 0.6) is 0 Å². The molecule has 1 amide bonds. The summed E-state index contributed by atoms with van der Waals surface area (Å²) in [7, 11) is -3.69. The first-order valence-corrected chi connectivity index (χ1v) is 9.14. The number of carbonyl (C=O) groups is 1. The van der Waals surface area contributed by atoms with Crippen LogP contribution in [0, 0.1) is 6.92 Å². The molecule has 0 bridgehead atoms. The lowest BCUT2D eigenvalue weighted by atomic mass is 10.2. The van der Waals surface area contributed by atoms with Crippen LogP contribution in [0.2, 0.25) is 5.02 Å². The van der Waals surface area contributed by atoms with E-state index in [9.17, 15) is 13.2 Å². The monoisotopic (exact) mass is 401 g/mol. The number of sulfone groups is 1. The molecule has 2 aromatic carbocycles. The summed E-state index contributed by atoms with van der Waals surface area (Å²) in [5, 5.41) is 3.02. The van der Waals surface area contributed by atoms with Crippen LogP contribution in [-0.2, 0) is 14.6 Å². The van der Waals surface area contributed by atoms with Gasteiger partial charge in [-0.1, -0.05) is 27.5 Å². The first kappa shape index (κ1) is 17.0. The summed E-state index contributed by atoms with van der Waals surface area (Å²) >= 11 is 9.09. The van der Waals surface area contributed by atoms with E-state index in [0.29, 0.717) is 10.7 Å². The molecule has 1 N–H and O–H groups in total. The fourth-order valence-electron chi connectivity index (χ4n) is 1.82. The van der Waals surface area contributed by atoms with Crippen molar-refractivity contribution in [3.8, 4) is 0 Å². The summed E-state index contributed by atoms with van der Waals surface area (Å²) in [5.74, 6) is -1.21. The van der Waals surface area contributed by atoms with Crippen molar-refractivity contribution < 1.29 is 13.2 Å². The molecule has 0 aromatic heterocycles. The molecule has 0 radical (unpaired) electrons. The molecule has 0 heterocycles. The van der Waals surface area contributed by atoms with Crippen LogP contribution in [0.4, 0.5) is 5.69 Å². The van der Waals surface area contributed by atoms with Crippen molar-refractivity contribution in [3.05, 3.63) is 57.5 Å². The molecular formula is C15H13BrClNO3S. The molecule has 0 spiro atoms. The summed E-state index contributed by atoms with van der Waals surface area (Å²) in [6, 6.07) is 11.0. The zero-order valence-electron chi connectivity index (χ0n) is 11.6. The maximum atomic E-state index is 12.2. The lowest BCUT2D eigenvalue weighted by Gasteiger charge is -2.08. The van der Waals surface area contributed by atoms with Crippen molar-refractivity contribution >= 4 is 49.0 Å². The summed E-state index contributed by atoms with van der Waals surface area (Å²) in [5.41, 5.74) is 1.50. The van der Waals surface area contributed by atoms with Crippen molar-refractivity contribution in [3.63, 3.8) is 0 Å². The number of benzene rings is 2. The summed E-state index contributed by atoms with van der Waals surface area (Å²) in [6.45, 7) is 1.88. The topological polar surface area (TPSA) is 63.2 Å². The maximum absolute atomic E-state index is 12.2. The number of nitrogens with one attached hydrogen (secondary N) is 1. The van der Waals surface area contributed by atoms with E-state index in [0.717, 1.165) is 10.0 Å². The van der Waals surface area contributed by atoms with Crippen LogP contribution in [0.15, 0.2) is 51.8 Å². The molecule has 0 aliphatic heterocycles. The van der Waals surface area contributed by atoms with Crippen LogP contribution in [0.1, 0.15) is 5.56 Å². The van der Waals surface area contributed by atoms with Gasteiger partial charge in [0.2, 0.25) is 5.91 Å². The lowest BCUT2D eigenvalue weighted by molar-refractivity contribution is -0.113. The number of hydrogen-bond donors (Lipinski definition) is 1. The predicted octanol–water partition coefficient (Wildman–Crippen LogP) is 3.82. The van der Waals surface area contributed by atoms with Gasteiger partial charge in [0, 0.05) is 15.2 Å². The highest BCUT2D eigenvalue weighted by molar-refractivity contribution is 9.10. The standard InChI is InChI=1S/C15H13BrClNO3S/c1-10-8-12(4-7-14(10)16)18-15(19)9-22(20,21)13-5-2-11(17)3-6-13/h2-8H,9H2,1H3,(H,18,19). The van der Waals surface area contributed by atoms with Crippen molar-refractivity contribution in [1.82, 2.24) is 0 Å². The van der Waals surface area contributed by atoms with Crippen molar-refractivity contribution in [1.29, 1.82) is 0 Å². The van der Waals surface area contributed by atoms with E-state index < -0.39 is 21.5 Å². The first-order chi connectivity index (χ1) is 10.3. The van der Waals surface area contributed by atoms with Crippen LogP contribution in [-0.4, -0.2) is 20.1 Å². The summed E-state index contributed by atoms with van der Waals surface area (Å²) in [4.78, 5) is 12.0. The number of halogens is 2. The highest BCUT2D eigenvalue weighted by Gasteiger charge is 2.19. The molecule has 2 rings (SSSR count). The Morgan fingerprint density at radius 1 is 1.18 bits per heavy atom. The molecule has 0 saturated heterocycles. The second kappa shape index (κ2) is 6.81. The molecule has 4 nitrogen and oxygen atoms in total. The molecule has 0 aliphatic rings. The smallest absolute Gasteiger partial charge is 0.239 e. The van der Waals surface area contributed by atoms with E-state index in [4.69, 9.17) is 11.6 Å². The Morgan fingerprint density at radius 3 is 2.41 bits per heavy atom. The Hall–Kier alpha value is -1.37. The first-order valence-electron chi connectivity index (χ1n) is 6.32. The third-order valence-corrected chi connectivity index (χ3v) is 5.71. The fraction of sp³-hybridized carbons (Fsp3) is 0.133. The van der Waals surface area contributed by atoms with E-state index in [1.807, 2.05) is 6.92 Å². The molecule has 7 heteroatoms. The number of anilines is 1. The highest BCUT2D eigenvalue weighted by Crippen LogP contribution is 2.20. The lowest BCUT2D eigenvalue weighted by Crippen LogP contribution is -2.23. The number of amides is 1. The molecule has 0 unspecified atom stereocenters. The minimum absolute atomic E-state index is 0.0686. The summed E-state index contributed by atoms with van der Waals surface area (Å²) < 4.78 is 25.2. The van der Waals surface area contributed by atoms with Crippen molar-refractivity contribution in [2.24, 2.45) is 0 Å². The third kappa shape index (κ3) is 4.32. The Balaban J connectivity index is 2.10. The van der Waals surface area contributed by atoms with Gasteiger partial charge in [-0.25, -0.2) is 8.42 Å². The molecular weight excluding hydrogens is 390 g/mol. The minimum Gasteiger partial charge on any atom is -0.325 e. The molecule has 2 aromatic rings. The minimum atomic E-state index is -3.69. The third-order valence-electron chi connectivity index (χ3n) is 2.94. The van der Waals surface area contributed by atoms with E-state index in [-0.39, 0.29) is 4.90 Å². The average molecular weight is 403 g/mol. The zero-order valence-corrected chi connectivity index (χ0v) is 14.8. The number of carbonyl (C=O) groups excluding carboxylic acids is 1. The van der Waals surface area contributed by atoms with E-state index in [2.05, 4.69) is 21.2 Å². The van der Waals surface area contributed by atoms with Crippen LogP contribution in [0.3, 0.4) is 0 Å². The predicted molar refractivity (Wildman–Crippen MR) is 91.0 cm³/mol. The van der Waals surface area contributed by atoms with Crippen molar-refractivity contribution in [2.75, 3.05) is 11.1 Å². The Morgan fingerprint density at radius 2 is 1.82 bits per heavy atom.